The lowest BCUT2D eigenvalue weighted by atomic mass is 9.95. The first kappa shape index (κ1) is 15.6. The number of aliphatic imine (C=N–C) groups is 1. The van der Waals surface area contributed by atoms with Crippen molar-refractivity contribution in [3.05, 3.63) is 30.4 Å². The van der Waals surface area contributed by atoms with Crippen LogP contribution in [0, 0.1) is 0 Å². The summed E-state index contributed by atoms with van der Waals surface area (Å²) >= 11 is 1.62. The summed E-state index contributed by atoms with van der Waals surface area (Å²) in [4.78, 5) is 4.55. The van der Waals surface area contributed by atoms with Crippen molar-refractivity contribution >= 4 is 35.2 Å². The van der Waals surface area contributed by atoms with E-state index in [-0.39, 0.29) is 0 Å². The molecule has 0 saturated carbocycles. The number of rotatable bonds is 6. The molecule has 1 atom stereocenters. The van der Waals surface area contributed by atoms with Crippen molar-refractivity contribution in [1.29, 1.82) is 0 Å². The van der Waals surface area contributed by atoms with Crippen LogP contribution in [-0.4, -0.2) is 19.5 Å². The molecule has 0 fully saturated rings. The number of hydrogen-bond acceptors (Lipinski definition) is 4. The molecule has 1 aromatic rings. The van der Waals surface area contributed by atoms with Crippen molar-refractivity contribution in [2.24, 2.45) is 4.99 Å². The van der Waals surface area contributed by atoms with Crippen LogP contribution < -0.4 is 10.0 Å². The minimum atomic E-state index is 0.451. The highest BCUT2D eigenvalue weighted by Crippen LogP contribution is 2.42. The van der Waals surface area contributed by atoms with E-state index in [1.54, 1.807) is 24.2 Å². The molecule has 3 nitrogen and oxygen atoms in total. The molecule has 2 N–H and O–H groups in total. The first-order chi connectivity index (χ1) is 9.06. The summed E-state index contributed by atoms with van der Waals surface area (Å²) in [5.74, 6) is 0.451. The van der Waals surface area contributed by atoms with E-state index < -0.39 is 0 Å². The minimum Gasteiger partial charge on any atom is -0.397 e. The molecule has 0 spiro atoms. The van der Waals surface area contributed by atoms with Crippen LogP contribution >= 0.6 is 11.9 Å². The molecule has 19 heavy (non-hydrogen) atoms. The minimum absolute atomic E-state index is 0.451. The number of nitrogens with two attached hydrogens (primary N) is 1. The Balaban J connectivity index is 3.49. The van der Waals surface area contributed by atoms with Crippen LogP contribution in [0.1, 0.15) is 31.7 Å². The van der Waals surface area contributed by atoms with Gasteiger partial charge < -0.3 is 10.0 Å². The molecule has 4 heteroatoms. The van der Waals surface area contributed by atoms with Gasteiger partial charge in [-0.05, 0) is 24.0 Å². The van der Waals surface area contributed by atoms with Crippen LogP contribution in [0.25, 0.3) is 0 Å². The second-order valence-corrected chi connectivity index (χ2v) is 5.36. The molecule has 1 rings (SSSR count). The molecule has 1 aromatic carbocycles. The number of benzene rings is 1. The average molecular weight is 277 g/mol. The Kier molecular flexibility index (Phi) is 5.96. The fourth-order valence-electron chi connectivity index (χ4n) is 1.91. The zero-order valence-corrected chi connectivity index (χ0v) is 13.0. The van der Waals surface area contributed by atoms with Gasteiger partial charge in [-0.2, -0.15) is 0 Å². The van der Waals surface area contributed by atoms with Crippen LogP contribution in [0.3, 0.4) is 0 Å². The van der Waals surface area contributed by atoms with Gasteiger partial charge in [0.2, 0.25) is 0 Å². The lowest BCUT2D eigenvalue weighted by Gasteiger charge is -2.23. The van der Waals surface area contributed by atoms with Crippen molar-refractivity contribution in [3.8, 4) is 0 Å². The molecule has 0 amide bonds. The van der Waals surface area contributed by atoms with Crippen LogP contribution in [-0.2, 0) is 0 Å². The van der Waals surface area contributed by atoms with E-state index in [9.17, 15) is 0 Å². The molecule has 104 valence electrons. The highest BCUT2D eigenvalue weighted by Gasteiger charge is 2.17. The van der Waals surface area contributed by atoms with E-state index in [0.29, 0.717) is 5.92 Å². The monoisotopic (exact) mass is 277 g/mol. The molecule has 0 aliphatic carbocycles. The summed E-state index contributed by atoms with van der Waals surface area (Å²) < 4.78 is 2.05. The molecule has 0 aliphatic rings. The quantitative estimate of drug-likeness (QED) is 0.476. The van der Waals surface area contributed by atoms with E-state index in [1.165, 1.54) is 5.56 Å². The predicted molar refractivity (Wildman–Crippen MR) is 89.8 cm³/mol. The first-order valence-corrected chi connectivity index (χ1v) is 7.60. The Bertz CT molecular complexity index is 469. The topological polar surface area (TPSA) is 41.6 Å². The highest BCUT2D eigenvalue weighted by molar-refractivity contribution is 7.99. The summed E-state index contributed by atoms with van der Waals surface area (Å²) in [6.45, 7) is 8.08. The van der Waals surface area contributed by atoms with Crippen LogP contribution in [0.4, 0.5) is 17.1 Å². The van der Waals surface area contributed by atoms with E-state index in [0.717, 1.165) is 23.5 Å². The molecular weight excluding hydrogens is 254 g/mol. The summed E-state index contributed by atoms with van der Waals surface area (Å²) in [5, 5.41) is 0. The number of hydrogen-bond donors (Lipinski definition) is 1. The van der Waals surface area contributed by atoms with E-state index in [2.05, 4.69) is 35.8 Å². The van der Waals surface area contributed by atoms with Gasteiger partial charge in [0.1, 0.15) is 0 Å². The Hall–Kier alpha value is -1.42. The normalized spacial score (nSPS) is 12.6. The number of nitrogen functional groups attached to an aromatic ring is 1. The fraction of sp³-hybridized carbons (Fsp3) is 0.400. The Morgan fingerprint density at radius 2 is 2.21 bits per heavy atom. The first-order valence-electron chi connectivity index (χ1n) is 6.42. The molecule has 0 heterocycles. The van der Waals surface area contributed by atoms with Crippen molar-refractivity contribution in [1.82, 2.24) is 0 Å². The van der Waals surface area contributed by atoms with E-state index >= 15 is 0 Å². The van der Waals surface area contributed by atoms with Gasteiger partial charge in [0.15, 0.2) is 0 Å². The third-order valence-corrected chi connectivity index (χ3v) is 3.99. The van der Waals surface area contributed by atoms with Gasteiger partial charge in [-0.1, -0.05) is 44.5 Å². The van der Waals surface area contributed by atoms with Gasteiger partial charge in [0, 0.05) is 19.5 Å². The summed E-state index contributed by atoms with van der Waals surface area (Å²) in [6, 6.07) is 4.05. The van der Waals surface area contributed by atoms with Crippen molar-refractivity contribution in [2.75, 3.05) is 23.3 Å². The largest absolute Gasteiger partial charge is 0.397 e. The molecule has 0 bridgehead atoms. The van der Waals surface area contributed by atoms with Crippen LogP contribution in [0.5, 0.6) is 0 Å². The van der Waals surface area contributed by atoms with Gasteiger partial charge in [0.05, 0.1) is 17.1 Å². The second-order valence-electron chi connectivity index (χ2n) is 4.44. The summed E-state index contributed by atoms with van der Waals surface area (Å²) in [5.41, 5.74) is 10.0. The van der Waals surface area contributed by atoms with E-state index in [4.69, 9.17) is 5.73 Å². The average Bonchev–Trinajstić information content (AvgIpc) is 2.43. The number of anilines is 2. The van der Waals surface area contributed by atoms with E-state index in [1.807, 2.05) is 19.4 Å². The lowest BCUT2D eigenvalue weighted by molar-refractivity contribution is 0.734. The maximum Gasteiger partial charge on any atom is 0.0960 e. The number of nitrogens with zero attached hydrogens (tertiary/aromatic N) is 2. The fourth-order valence-corrected chi connectivity index (χ4v) is 2.29. The molecule has 1 unspecified atom stereocenters. The van der Waals surface area contributed by atoms with Crippen molar-refractivity contribution < 1.29 is 0 Å². The molecule has 0 saturated heterocycles. The lowest BCUT2D eigenvalue weighted by Crippen LogP contribution is -2.10. The SMILES string of the molecule is C=CC=Nc1c(C(C)CC)ccc(N)c1N(C)SC. The Morgan fingerprint density at radius 1 is 1.53 bits per heavy atom. The van der Waals surface area contributed by atoms with Crippen LogP contribution in [0.2, 0.25) is 0 Å². The molecular formula is C15H23N3S. The third-order valence-electron chi connectivity index (χ3n) is 3.25. The maximum atomic E-state index is 6.13. The highest BCUT2D eigenvalue weighted by atomic mass is 32.2. The zero-order chi connectivity index (χ0) is 14.4. The van der Waals surface area contributed by atoms with Crippen molar-refractivity contribution in [2.45, 2.75) is 26.2 Å². The van der Waals surface area contributed by atoms with Gasteiger partial charge >= 0.3 is 0 Å². The molecule has 0 aromatic heterocycles. The third kappa shape index (κ3) is 3.53. The van der Waals surface area contributed by atoms with Crippen molar-refractivity contribution in [3.63, 3.8) is 0 Å². The summed E-state index contributed by atoms with van der Waals surface area (Å²) in [6.07, 6.45) is 6.50. The van der Waals surface area contributed by atoms with Gasteiger partial charge in [0.25, 0.3) is 0 Å². The molecule has 0 radical (unpaired) electrons. The van der Waals surface area contributed by atoms with Gasteiger partial charge in [-0.3, -0.25) is 4.99 Å². The number of allylic oxidation sites excluding steroid dienone is 1. The predicted octanol–water partition coefficient (Wildman–Crippen LogP) is 4.38. The Labute approximate surface area is 120 Å². The standard InChI is InChI=1S/C15H23N3S/c1-6-10-17-14-12(11(3)7-2)8-9-13(16)15(14)18(4)19-5/h6,8-11H,1,7,16H2,2-5H3. The van der Waals surface area contributed by atoms with Gasteiger partial charge in [-0.15, -0.1) is 0 Å². The summed E-state index contributed by atoms with van der Waals surface area (Å²) in [7, 11) is 2.00. The smallest absolute Gasteiger partial charge is 0.0960 e. The second kappa shape index (κ2) is 7.24. The van der Waals surface area contributed by atoms with Gasteiger partial charge in [-0.25, -0.2) is 0 Å². The van der Waals surface area contributed by atoms with Crippen LogP contribution in [0.15, 0.2) is 29.8 Å². The zero-order valence-electron chi connectivity index (χ0n) is 12.2. The maximum absolute atomic E-state index is 6.13. The molecule has 0 aliphatic heterocycles. The Morgan fingerprint density at radius 3 is 2.74 bits per heavy atom.